The Bertz CT molecular complexity index is 413. The quantitative estimate of drug-likeness (QED) is 0.859. The zero-order valence-corrected chi connectivity index (χ0v) is 11.4. The molecule has 2 N–H and O–H groups in total. The van der Waals surface area contributed by atoms with E-state index >= 15 is 0 Å². The van der Waals surface area contributed by atoms with Gasteiger partial charge >= 0.3 is 0 Å². The van der Waals surface area contributed by atoms with Gasteiger partial charge in [-0.1, -0.05) is 27.2 Å². The number of carbonyl (C=O) groups is 1. The fourth-order valence-electron chi connectivity index (χ4n) is 2.46. The minimum absolute atomic E-state index is 0.169. The number of nitrogens with zero attached hydrogens (tertiary/aromatic N) is 2. The van der Waals surface area contributed by atoms with Gasteiger partial charge in [-0.25, -0.2) is 4.98 Å². The average molecular weight is 250 g/mol. The Morgan fingerprint density at radius 3 is 2.83 bits per heavy atom. The maximum Gasteiger partial charge on any atom is 0.290 e. The zero-order valence-electron chi connectivity index (χ0n) is 11.4. The van der Waals surface area contributed by atoms with Crippen molar-refractivity contribution >= 4 is 5.91 Å². The topological polar surface area (TPSA) is 70.7 Å². The van der Waals surface area contributed by atoms with Gasteiger partial charge in [-0.3, -0.25) is 9.89 Å². The molecule has 0 aromatic carbocycles. The van der Waals surface area contributed by atoms with Crippen molar-refractivity contribution in [1.29, 1.82) is 0 Å². The monoisotopic (exact) mass is 250 g/mol. The van der Waals surface area contributed by atoms with Crippen molar-refractivity contribution in [2.24, 2.45) is 11.8 Å². The van der Waals surface area contributed by atoms with Crippen LogP contribution in [-0.2, 0) is 0 Å². The van der Waals surface area contributed by atoms with E-state index in [0.717, 1.165) is 18.3 Å². The van der Waals surface area contributed by atoms with E-state index in [2.05, 4.69) is 27.4 Å². The number of hydrogen-bond acceptors (Lipinski definition) is 3. The lowest BCUT2D eigenvalue weighted by Gasteiger charge is -2.09. The Kier molecular flexibility index (Phi) is 3.99. The summed E-state index contributed by atoms with van der Waals surface area (Å²) in [5.74, 6) is 2.52. The number of hydrogen-bond donors (Lipinski definition) is 2. The molecule has 1 amide bonds. The van der Waals surface area contributed by atoms with Crippen LogP contribution in [-0.4, -0.2) is 27.6 Å². The van der Waals surface area contributed by atoms with Crippen molar-refractivity contribution < 1.29 is 4.79 Å². The molecule has 1 heterocycles. The first-order valence-corrected chi connectivity index (χ1v) is 6.76. The van der Waals surface area contributed by atoms with E-state index in [-0.39, 0.29) is 17.6 Å². The summed E-state index contributed by atoms with van der Waals surface area (Å²) in [4.78, 5) is 16.1. The van der Waals surface area contributed by atoms with E-state index in [1.165, 1.54) is 19.3 Å². The van der Waals surface area contributed by atoms with Crippen LogP contribution in [0.25, 0.3) is 0 Å². The maximum absolute atomic E-state index is 11.9. The van der Waals surface area contributed by atoms with Gasteiger partial charge in [-0.05, 0) is 24.7 Å². The van der Waals surface area contributed by atoms with Crippen LogP contribution in [0.4, 0.5) is 0 Å². The highest BCUT2D eigenvalue weighted by molar-refractivity contribution is 5.90. The third-order valence-corrected chi connectivity index (χ3v) is 3.61. The number of nitrogens with one attached hydrogen (secondary N) is 2. The highest BCUT2D eigenvalue weighted by atomic mass is 16.2. The van der Waals surface area contributed by atoms with E-state index in [1.807, 2.05) is 13.8 Å². The Hall–Kier alpha value is -1.39. The van der Waals surface area contributed by atoms with Crippen molar-refractivity contribution in [3.8, 4) is 0 Å². The van der Waals surface area contributed by atoms with Crippen LogP contribution in [0.3, 0.4) is 0 Å². The minimum atomic E-state index is -0.169. The highest BCUT2D eigenvalue weighted by Crippen LogP contribution is 2.29. The summed E-state index contributed by atoms with van der Waals surface area (Å²) in [7, 11) is 0. The van der Waals surface area contributed by atoms with E-state index in [4.69, 9.17) is 0 Å². The molecule has 5 heteroatoms. The number of carbonyl (C=O) groups excluding carboxylic acids is 1. The molecule has 1 aromatic rings. The third-order valence-electron chi connectivity index (χ3n) is 3.61. The molecule has 18 heavy (non-hydrogen) atoms. The molecule has 1 aliphatic carbocycles. The van der Waals surface area contributed by atoms with E-state index in [9.17, 15) is 4.79 Å². The predicted octanol–water partition coefficient (Wildman–Crippen LogP) is 2.09. The molecule has 0 saturated heterocycles. The van der Waals surface area contributed by atoms with Gasteiger partial charge in [-0.15, -0.1) is 5.10 Å². The first-order chi connectivity index (χ1) is 8.56. The molecular weight excluding hydrogens is 228 g/mol. The SMILES string of the molecule is CC1CCC(CNC(=O)c2n[nH]c(C(C)C)n2)C1. The van der Waals surface area contributed by atoms with Crippen molar-refractivity contribution in [1.82, 2.24) is 20.5 Å². The largest absolute Gasteiger partial charge is 0.349 e. The van der Waals surface area contributed by atoms with Gasteiger partial charge in [0.1, 0.15) is 5.82 Å². The third kappa shape index (κ3) is 3.09. The molecule has 2 unspecified atom stereocenters. The number of rotatable bonds is 4. The Morgan fingerprint density at radius 2 is 2.28 bits per heavy atom. The summed E-state index contributed by atoms with van der Waals surface area (Å²) in [6.07, 6.45) is 3.71. The molecule has 2 atom stereocenters. The fourth-order valence-corrected chi connectivity index (χ4v) is 2.46. The maximum atomic E-state index is 11.9. The van der Waals surface area contributed by atoms with Gasteiger partial charge in [-0.2, -0.15) is 0 Å². The van der Waals surface area contributed by atoms with Crippen molar-refractivity contribution in [3.63, 3.8) is 0 Å². The van der Waals surface area contributed by atoms with Gasteiger partial charge in [0.05, 0.1) is 0 Å². The summed E-state index contributed by atoms with van der Waals surface area (Å²) in [5.41, 5.74) is 0. The second-order valence-electron chi connectivity index (χ2n) is 5.69. The van der Waals surface area contributed by atoms with E-state index in [0.29, 0.717) is 5.92 Å². The molecule has 1 saturated carbocycles. The second-order valence-corrected chi connectivity index (χ2v) is 5.69. The summed E-state index contributed by atoms with van der Waals surface area (Å²) < 4.78 is 0. The van der Waals surface area contributed by atoms with Crippen LogP contribution in [0.5, 0.6) is 0 Å². The molecular formula is C13H22N4O. The summed E-state index contributed by atoms with van der Waals surface area (Å²) >= 11 is 0. The molecule has 100 valence electrons. The Morgan fingerprint density at radius 1 is 1.50 bits per heavy atom. The first-order valence-electron chi connectivity index (χ1n) is 6.76. The van der Waals surface area contributed by atoms with E-state index in [1.54, 1.807) is 0 Å². The number of aromatic nitrogens is 3. The molecule has 1 aromatic heterocycles. The summed E-state index contributed by atoms with van der Waals surface area (Å²) in [6, 6.07) is 0. The average Bonchev–Trinajstić information content (AvgIpc) is 2.94. The van der Waals surface area contributed by atoms with Gasteiger partial charge in [0, 0.05) is 12.5 Å². The standard InChI is InChI=1S/C13H22N4O/c1-8(2)11-15-12(17-16-11)13(18)14-7-10-5-4-9(3)6-10/h8-10H,4-7H2,1-3H3,(H,14,18)(H,15,16,17). The molecule has 5 nitrogen and oxygen atoms in total. The van der Waals surface area contributed by atoms with Crippen LogP contribution in [0.15, 0.2) is 0 Å². The molecule has 0 bridgehead atoms. The van der Waals surface area contributed by atoms with Gasteiger partial charge in [0.2, 0.25) is 5.82 Å². The van der Waals surface area contributed by atoms with Gasteiger partial charge in [0.15, 0.2) is 0 Å². The first kappa shape index (κ1) is 13.1. The van der Waals surface area contributed by atoms with Gasteiger partial charge in [0.25, 0.3) is 5.91 Å². The Labute approximate surface area is 108 Å². The van der Waals surface area contributed by atoms with Crippen molar-refractivity contribution in [3.05, 3.63) is 11.6 Å². The van der Waals surface area contributed by atoms with Crippen LogP contribution in [0.2, 0.25) is 0 Å². The van der Waals surface area contributed by atoms with Crippen LogP contribution >= 0.6 is 0 Å². The zero-order chi connectivity index (χ0) is 13.1. The lowest BCUT2D eigenvalue weighted by Crippen LogP contribution is -2.29. The minimum Gasteiger partial charge on any atom is -0.349 e. The molecule has 2 rings (SSSR count). The van der Waals surface area contributed by atoms with Crippen molar-refractivity contribution in [2.45, 2.75) is 46.0 Å². The Balaban J connectivity index is 1.83. The normalized spacial score (nSPS) is 23.6. The summed E-state index contributed by atoms with van der Waals surface area (Å²) in [5, 5.41) is 9.68. The molecule has 0 aliphatic heterocycles. The van der Waals surface area contributed by atoms with Crippen LogP contribution in [0, 0.1) is 11.8 Å². The molecule has 0 radical (unpaired) electrons. The fraction of sp³-hybridized carbons (Fsp3) is 0.769. The molecule has 1 aliphatic rings. The van der Waals surface area contributed by atoms with Crippen LogP contribution < -0.4 is 5.32 Å². The molecule has 1 fully saturated rings. The second kappa shape index (κ2) is 5.50. The van der Waals surface area contributed by atoms with Crippen LogP contribution in [0.1, 0.15) is 62.4 Å². The van der Waals surface area contributed by atoms with Crippen molar-refractivity contribution in [2.75, 3.05) is 6.54 Å². The lowest BCUT2D eigenvalue weighted by molar-refractivity contribution is 0.0937. The van der Waals surface area contributed by atoms with Gasteiger partial charge < -0.3 is 5.32 Å². The smallest absolute Gasteiger partial charge is 0.290 e. The number of aromatic amines is 1. The van der Waals surface area contributed by atoms with E-state index < -0.39 is 0 Å². The number of H-pyrrole nitrogens is 1. The molecule has 0 spiro atoms. The lowest BCUT2D eigenvalue weighted by atomic mass is 10.1. The highest BCUT2D eigenvalue weighted by Gasteiger charge is 2.22. The number of amides is 1. The summed E-state index contributed by atoms with van der Waals surface area (Å²) in [6.45, 7) is 7.05. The predicted molar refractivity (Wildman–Crippen MR) is 69.3 cm³/mol.